The second-order valence-corrected chi connectivity index (χ2v) is 11.2. The summed E-state index contributed by atoms with van der Waals surface area (Å²) >= 11 is 0. The standard InChI is InChI=1S/C24H26FN3O3S/c1-13-8-20-24(26-13)21(10-16(27-20)11-22(29)17-12-18(17)25)28-19-7-6-15(14-4-3-5-14)9-23(19)32(2,30)31/h6-7,9-10,14,17-18H,3-5,8,11-12H2,1-2H3,(H,27,28)/t17-,18+/m1/s1. The first-order valence-corrected chi connectivity index (χ1v) is 12.9. The molecule has 2 aromatic rings. The van der Waals surface area contributed by atoms with E-state index < -0.39 is 21.9 Å². The van der Waals surface area contributed by atoms with E-state index in [2.05, 4.69) is 15.3 Å². The Morgan fingerprint density at radius 1 is 1.22 bits per heavy atom. The quantitative estimate of drug-likeness (QED) is 0.658. The highest BCUT2D eigenvalue weighted by molar-refractivity contribution is 7.90. The summed E-state index contributed by atoms with van der Waals surface area (Å²) in [4.78, 5) is 21.8. The van der Waals surface area contributed by atoms with Gasteiger partial charge >= 0.3 is 0 Å². The number of Topliss-reactive ketones (excluding diaryl/α,β-unsaturated/α-hetero) is 1. The molecule has 0 bridgehead atoms. The third kappa shape index (κ3) is 4.08. The van der Waals surface area contributed by atoms with Crippen molar-refractivity contribution in [3.05, 3.63) is 41.2 Å². The van der Waals surface area contributed by atoms with Gasteiger partial charge < -0.3 is 5.32 Å². The number of fused-ring (bicyclic) bond motifs is 1. The number of nitrogens with zero attached hydrogens (tertiary/aromatic N) is 2. The number of carbonyl (C=O) groups is 1. The number of sulfone groups is 1. The van der Waals surface area contributed by atoms with Gasteiger partial charge in [0.1, 0.15) is 17.6 Å². The minimum Gasteiger partial charge on any atom is -0.353 e. The van der Waals surface area contributed by atoms with Crippen LogP contribution in [0.5, 0.6) is 0 Å². The Morgan fingerprint density at radius 2 is 1.97 bits per heavy atom. The number of rotatable bonds is 7. The van der Waals surface area contributed by atoms with Gasteiger partial charge in [-0.3, -0.25) is 14.8 Å². The van der Waals surface area contributed by atoms with E-state index in [0.717, 1.165) is 29.8 Å². The number of aromatic nitrogens is 1. The fraction of sp³-hybridized carbons (Fsp3) is 0.458. The van der Waals surface area contributed by atoms with Gasteiger partial charge in [0, 0.05) is 24.8 Å². The second-order valence-electron chi connectivity index (χ2n) is 9.26. The van der Waals surface area contributed by atoms with Crippen LogP contribution in [0, 0.1) is 5.92 Å². The number of anilines is 2. The van der Waals surface area contributed by atoms with Gasteiger partial charge in [0.2, 0.25) is 0 Å². The normalized spacial score (nSPS) is 22.2. The summed E-state index contributed by atoms with van der Waals surface area (Å²) in [6.45, 7) is 1.91. The number of nitrogens with one attached hydrogen (secondary N) is 1. The number of carbonyl (C=O) groups excluding carboxylic acids is 1. The van der Waals surface area contributed by atoms with Gasteiger partial charge in [-0.25, -0.2) is 12.8 Å². The summed E-state index contributed by atoms with van der Waals surface area (Å²) in [5.41, 5.74) is 5.00. The van der Waals surface area contributed by atoms with Crippen molar-refractivity contribution in [1.29, 1.82) is 0 Å². The van der Waals surface area contributed by atoms with Crippen molar-refractivity contribution in [1.82, 2.24) is 4.98 Å². The lowest BCUT2D eigenvalue weighted by Gasteiger charge is -2.26. The molecule has 1 aliphatic heterocycles. The van der Waals surface area contributed by atoms with Crippen LogP contribution in [-0.2, 0) is 27.5 Å². The van der Waals surface area contributed by atoms with Gasteiger partial charge in [-0.2, -0.15) is 0 Å². The molecule has 2 heterocycles. The largest absolute Gasteiger partial charge is 0.353 e. The van der Waals surface area contributed by atoms with Crippen molar-refractivity contribution < 1.29 is 17.6 Å². The molecule has 0 amide bonds. The average Bonchev–Trinajstić information content (AvgIpc) is 3.28. The van der Waals surface area contributed by atoms with Crippen LogP contribution in [0.4, 0.5) is 21.5 Å². The van der Waals surface area contributed by atoms with Crippen LogP contribution in [0.2, 0.25) is 0 Å². The molecule has 32 heavy (non-hydrogen) atoms. The van der Waals surface area contributed by atoms with E-state index >= 15 is 0 Å². The Hall–Kier alpha value is -2.61. The molecule has 168 valence electrons. The second kappa shape index (κ2) is 7.76. The van der Waals surface area contributed by atoms with E-state index in [0.29, 0.717) is 41.5 Å². The molecule has 6 nitrogen and oxygen atoms in total. The van der Waals surface area contributed by atoms with E-state index in [1.807, 2.05) is 19.1 Å². The van der Waals surface area contributed by atoms with Crippen LogP contribution >= 0.6 is 0 Å². The average molecular weight is 456 g/mol. The zero-order chi connectivity index (χ0) is 22.6. The lowest BCUT2D eigenvalue weighted by molar-refractivity contribution is -0.120. The summed E-state index contributed by atoms with van der Waals surface area (Å²) in [6, 6.07) is 7.30. The molecule has 1 N–H and O–H groups in total. The monoisotopic (exact) mass is 455 g/mol. The summed E-state index contributed by atoms with van der Waals surface area (Å²) in [7, 11) is -3.47. The van der Waals surface area contributed by atoms with Gasteiger partial charge in [0.15, 0.2) is 9.84 Å². The maximum Gasteiger partial charge on any atom is 0.177 e. The van der Waals surface area contributed by atoms with Crippen LogP contribution in [0.3, 0.4) is 0 Å². The van der Waals surface area contributed by atoms with E-state index in [-0.39, 0.29) is 17.1 Å². The van der Waals surface area contributed by atoms with E-state index in [1.54, 1.807) is 12.1 Å². The lowest BCUT2D eigenvalue weighted by Crippen LogP contribution is -2.11. The van der Waals surface area contributed by atoms with Crippen LogP contribution in [0.25, 0.3) is 0 Å². The minimum atomic E-state index is -3.47. The lowest BCUT2D eigenvalue weighted by atomic mass is 9.80. The number of hydrogen-bond acceptors (Lipinski definition) is 6. The predicted octanol–water partition coefficient (Wildman–Crippen LogP) is 4.61. The van der Waals surface area contributed by atoms with Crippen molar-refractivity contribution in [2.24, 2.45) is 10.9 Å². The molecule has 0 spiro atoms. The van der Waals surface area contributed by atoms with Crippen molar-refractivity contribution in [3.63, 3.8) is 0 Å². The third-order valence-corrected chi connectivity index (χ3v) is 7.71. The molecule has 1 aromatic heterocycles. The smallest absolute Gasteiger partial charge is 0.177 e. The Morgan fingerprint density at radius 3 is 2.59 bits per heavy atom. The van der Waals surface area contributed by atoms with Gasteiger partial charge in [0.05, 0.1) is 33.6 Å². The minimum absolute atomic E-state index is 0.0612. The highest BCUT2D eigenvalue weighted by Crippen LogP contribution is 2.41. The summed E-state index contributed by atoms with van der Waals surface area (Å²) in [6.07, 6.45) is 4.44. The maximum absolute atomic E-state index is 13.3. The molecule has 3 aliphatic rings. The highest BCUT2D eigenvalue weighted by Gasteiger charge is 2.43. The Balaban J connectivity index is 1.51. The number of pyridine rings is 1. The number of halogens is 1. The van der Waals surface area contributed by atoms with Crippen molar-refractivity contribution in [2.45, 2.75) is 62.4 Å². The number of alkyl halides is 1. The Kier molecular flexibility index (Phi) is 5.15. The first kappa shape index (κ1) is 21.2. The number of hydrogen-bond donors (Lipinski definition) is 1. The fourth-order valence-corrected chi connectivity index (χ4v) is 5.32. The Bertz CT molecular complexity index is 1250. The van der Waals surface area contributed by atoms with Crippen molar-refractivity contribution in [2.75, 3.05) is 11.6 Å². The molecule has 1 aromatic carbocycles. The molecule has 8 heteroatoms. The van der Waals surface area contributed by atoms with Crippen LogP contribution in [-0.4, -0.2) is 37.3 Å². The molecular weight excluding hydrogens is 429 g/mol. The molecule has 0 radical (unpaired) electrons. The maximum atomic E-state index is 13.3. The zero-order valence-corrected chi connectivity index (χ0v) is 19.0. The molecule has 5 rings (SSSR count). The molecular formula is C24H26FN3O3S. The van der Waals surface area contributed by atoms with E-state index in [4.69, 9.17) is 0 Å². The summed E-state index contributed by atoms with van der Waals surface area (Å²) in [5, 5.41) is 3.26. The Labute approximate surface area is 187 Å². The number of aliphatic imine (C=N–C) groups is 1. The third-order valence-electron chi connectivity index (χ3n) is 6.58. The van der Waals surface area contributed by atoms with Crippen LogP contribution in [0.15, 0.2) is 34.2 Å². The number of ketones is 1. The van der Waals surface area contributed by atoms with Crippen molar-refractivity contribution in [3.8, 4) is 0 Å². The van der Waals surface area contributed by atoms with Gasteiger partial charge in [-0.1, -0.05) is 12.5 Å². The highest BCUT2D eigenvalue weighted by atomic mass is 32.2. The van der Waals surface area contributed by atoms with Crippen LogP contribution < -0.4 is 5.32 Å². The summed E-state index contributed by atoms with van der Waals surface area (Å²) in [5.74, 6) is -0.245. The molecule has 0 unspecified atom stereocenters. The SMILES string of the molecule is CC1=Nc2c(Nc3ccc(C4CCC4)cc3S(C)(=O)=O)cc(CC(=O)[C@@H]3C[C@@H]3F)nc2C1. The summed E-state index contributed by atoms with van der Waals surface area (Å²) < 4.78 is 38.5. The van der Waals surface area contributed by atoms with Gasteiger partial charge in [-0.15, -0.1) is 0 Å². The molecule has 0 saturated heterocycles. The fourth-order valence-electron chi connectivity index (χ4n) is 4.45. The van der Waals surface area contributed by atoms with Crippen molar-refractivity contribution >= 4 is 38.4 Å². The van der Waals surface area contributed by atoms with E-state index in [1.165, 1.54) is 12.7 Å². The number of benzene rings is 1. The molecule has 2 saturated carbocycles. The predicted molar refractivity (Wildman–Crippen MR) is 122 cm³/mol. The van der Waals surface area contributed by atoms with Crippen LogP contribution in [0.1, 0.15) is 55.5 Å². The molecule has 2 aliphatic carbocycles. The molecule has 2 fully saturated rings. The zero-order valence-electron chi connectivity index (χ0n) is 18.2. The topological polar surface area (TPSA) is 88.5 Å². The first-order valence-electron chi connectivity index (χ1n) is 11.0. The van der Waals surface area contributed by atoms with Gasteiger partial charge in [-0.05, 0) is 55.9 Å². The first-order chi connectivity index (χ1) is 15.2. The van der Waals surface area contributed by atoms with Gasteiger partial charge in [0.25, 0.3) is 0 Å². The van der Waals surface area contributed by atoms with E-state index in [9.17, 15) is 17.6 Å². The molecule has 2 atom stereocenters.